The summed E-state index contributed by atoms with van der Waals surface area (Å²) in [6.07, 6.45) is 2.05. The van der Waals surface area contributed by atoms with Crippen LogP contribution in [0.2, 0.25) is 0 Å². The van der Waals surface area contributed by atoms with Gasteiger partial charge in [-0.3, -0.25) is 9.59 Å². The molecule has 16 heavy (non-hydrogen) atoms. The Morgan fingerprint density at radius 3 is 2.38 bits per heavy atom. The van der Waals surface area contributed by atoms with Gasteiger partial charge in [-0.05, 0) is 31.1 Å². The summed E-state index contributed by atoms with van der Waals surface area (Å²) in [5, 5.41) is 9.06. The fourth-order valence-electron chi connectivity index (χ4n) is 2.46. The van der Waals surface area contributed by atoms with Gasteiger partial charge in [0.15, 0.2) is 0 Å². The third-order valence-corrected chi connectivity index (χ3v) is 4.02. The lowest BCUT2D eigenvalue weighted by Crippen LogP contribution is -2.39. The second kappa shape index (κ2) is 3.75. The molecule has 0 spiro atoms. The normalized spacial score (nSPS) is 27.2. The molecular weight excluding hydrogens is 206 g/mol. The minimum atomic E-state index is -1.05. The van der Waals surface area contributed by atoms with E-state index in [0.29, 0.717) is 24.7 Å². The third-order valence-electron chi connectivity index (χ3n) is 4.02. The fraction of sp³-hybridized carbons (Fsp3) is 0.833. The highest BCUT2D eigenvalue weighted by molar-refractivity contribution is 6.04. The lowest BCUT2D eigenvalue weighted by atomic mass is 9.95. The van der Waals surface area contributed by atoms with Gasteiger partial charge in [0, 0.05) is 13.1 Å². The SMILES string of the molecule is CC(C)C1CCN(C(=O)C2(C(=O)O)CC2)C1. The molecule has 1 aliphatic heterocycles. The fourth-order valence-corrected chi connectivity index (χ4v) is 2.46. The maximum atomic E-state index is 12.1. The van der Waals surface area contributed by atoms with Crippen molar-refractivity contribution in [3.05, 3.63) is 0 Å². The summed E-state index contributed by atoms with van der Waals surface area (Å²) in [5.41, 5.74) is -1.05. The predicted molar refractivity (Wildman–Crippen MR) is 58.8 cm³/mol. The second-order valence-corrected chi connectivity index (χ2v) is 5.43. The number of aliphatic carboxylic acids is 1. The molecule has 1 N–H and O–H groups in total. The molecule has 2 aliphatic rings. The lowest BCUT2D eigenvalue weighted by Gasteiger charge is -2.21. The molecule has 2 rings (SSSR count). The molecule has 4 heteroatoms. The van der Waals surface area contributed by atoms with Crippen molar-refractivity contribution in [2.24, 2.45) is 17.3 Å². The Balaban J connectivity index is 2.00. The van der Waals surface area contributed by atoms with E-state index in [9.17, 15) is 9.59 Å². The molecule has 1 unspecified atom stereocenters. The molecule has 1 saturated carbocycles. The van der Waals surface area contributed by atoms with Crippen LogP contribution in [0.4, 0.5) is 0 Å². The largest absolute Gasteiger partial charge is 0.480 e. The van der Waals surface area contributed by atoms with Crippen LogP contribution in [0.25, 0.3) is 0 Å². The van der Waals surface area contributed by atoms with E-state index >= 15 is 0 Å². The number of hydrogen-bond donors (Lipinski definition) is 1. The van der Waals surface area contributed by atoms with E-state index in [1.165, 1.54) is 0 Å². The van der Waals surface area contributed by atoms with Gasteiger partial charge in [0.25, 0.3) is 0 Å². The predicted octanol–water partition coefficient (Wildman–Crippen LogP) is 1.36. The number of carboxylic acids is 1. The molecule has 1 amide bonds. The number of carboxylic acid groups (broad SMARTS) is 1. The van der Waals surface area contributed by atoms with Crippen molar-refractivity contribution in [3.63, 3.8) is 0 Å². The first-order valence-electron chi connectivity index (χ1n) is 6.00. The maximum Gasteiger partial charge on any atom is 0.319 e. The number of nitrogens with zero attached hydrogens (tertiary/aromatic N) is 1. The monoisotopic (exact) mass is 225 g/mol. The third kappa shape index (κ3) is 1.70. The molecule has 0 bridgehead atoms. The van der Waals surface area contributed by atoms with Gasteiger partial charge in [-0.25, -0.2) is 0 Å². The zero-order valence-corrected chi connectivity index (χ0v) is 9.90. The first-order valence-corrected chi connectivity index (χ1v) is 6.00. The summed E-state index contributed by atoms with van der Waals surface area (Å²) in [6.45, 7) is 5.79. The van der Waals surface area contributed by atoms with E-state index in [1.807, 2.05) is 0 Å². The van der Waals surface area contributed by atoms with Crippen LogP contribution < -0.4 is 0 Å². The van der Waals surface area contributed by atoms with Gasteiger partial charge < -0.3 is 10.0 Å². The van der Waals surface area contributed by atoms with Gasteiger partial charge in [-0.2, -0.15) is 0 Å². The average molecular weight is 225 g/mol. The Kier molecular flexibility index (Phi) is 2.68. The number of carbonyl (C=O) groups is 2. The van der Waals surface area contributed by atoms with E-state index in [1.54, 1.807) is 4.90 Å². The minimum Gasteiger partial charge on any atom is -0.480 e. The van der Waals surface area contributed by atoms with E-state index in [-0.39, 0.29) is 5.91 Å². The summed E-state index contributed by atoms with van der Waals surface area (Å²) in [4.78, 5) is 24.9. The molecule has 1 saturated heterocycles. The van der Waals surface area contributed by atoms with Crippen LogP contribution in [0.3, 0.4) is 0 Å². The Morgan fingerprint density at radius 2 is 2.00 bits per heavy atom. The van der Waals surface area contributed by atoms with Crippen LogP contribution in [-0.2, 0) is 9.59 Å². The van der Waals surface area contributed by atoms with Gasteiger partial charge in [0.05, 0.1) is 0 Å². The minimum absolute atomic E-state index is 0.150. The second-order valence-electron chi connectivity index (χ2n) is 5.43. The van der Waals surface area contributed by atoms with E-state index < -0.39 is 11.4 Å². The molecular formula is C12H19NO3. The summed E-state index contributed by atoms with van der Waals surface area (Å²) in [5.74, 6) is 0.0139. The molecule has 0 radical (unpaired) electrons. The molecule has 0 aromatic rings. The van der Waals surface area contributed by atoms with Crippen LogP contribution in [0, 0.1) is 17.3 Å². The van der Waals surface area contributed by atoms with Crippen molar-refractivity contribution in [3.8, 4) is 0 Å². The molecule has 1 aliphatic carbocycles. The molecule has 4 nitrogen and oxygen atoms in total. The summed E-state index contributed by atoms with van der Waals surface area (Å²) in [7, 11) is 0. The topological polar surface area (TPSA) is 57.6 Å². The highest BCUT2D eigenvalue weighted by Gasteiger charge is 2.59. The van der Waals surface area contributed by atoms with Crippen molar-refractivity contribution in [2.45, 2.75) is 33.1 Å². The van der Waals surface area contributed by atoms with Gasteiger partial charge in [0.2, 0.25) is 5.91 Å². The van der Waals surface area contributed by atoms with Crippen molar-refractivity contribution in [1.82, 2.24) is 4.90 Å². The summed E-state index contributed by atoms with van der Waals surface area (Å²) >= 11 is 0. The smallest absolute Gasteiger partial charge is 0.319 e. The van der Waals surface area contributed by atoms with Crippen molar-refractivity contribution >= 4 is 11.9 Å². The standard InChI is InChI=1S/C12H19NO3/c1-8(2)9-3-6-13(7-9)10(14)12(4-5-12)11(15)16/h8-9H,3-7H2,1-2H3,(H,15,16). The van der Waals surface area contributed by atoms with Crippen LogP contribution in [0.1, 0.15) is 33.1 Å². The van der Waals surface area contributed by atoms with Gasteiger partial charge in [-0.1, -0.05) is 13.8 Å². The van der Waals surface area contributed by atoms with Gasteiger partial charge >= 0.3 is 5.97 Å². The highest BCUT2D eigenvalue weighted by Crippen LogP contribution is 2.48. The number of rotatable bonds is 3. The Bertz CT molecular complexity index is 320. The Labute approximate surface area is 95.6 Å². The number of hydrogen-bond acceptors (Lipinski definition) is 2. The zero-order chi connectivity index (χ0) is 11.9. The zero-order valence-electron chi connectivity index (χ0n) is 9.90. The van der Waals surface area contributed by atoms with Crippen LogP contribution in [0.15, 0.2) is 0 Å². The molecule has 0 aromatic carbocycles. The molecule has 0 aromatic heterocycles. The first-order chi connectivity index (χ1) is 7.47. The Hall–Kier alpha value is -1.06. The van der Waals surface area contributed by atoms with E-state index in [0.717, 1.165) is 19.5 Å². The molecule has 90 valence electrons. The van der Waals surface area contributed by atoms with Crippen LogP contribution in [0.5, 0.6) is 0 Å². The average Bonchev–Trinajstić information content (AvgIpc) is 2.88. The first kappa shape index (κ1) is 11.4. The maximum absolute atomic E-state index is 12.1. The summed E-state index contributed by atoms with van der Waals surface area (Å²) < 4.78 is 0. The van der Waals surface area contributed by atoms with Gasteiger partial charge in [0.1, 0.15) is 5.41 Å². The number of carbonyl (C=O) groups excluding carboxylic acids is 1. The molecule has 1 heterocycles. The molecule has 1 atom stereocenters. The van der Waals surface area contributed by atoms with Crippen molar-refractivity contribution < 1.29 is 14.7 Å². The van der Waals surface area contributed by atoms with E-state index in [2.05, 4.69) is 13.8 Å². The molecule has 2 fully saturated rings. The number of amides is 1. The van der Waals surface area contributed by atoms with E-state index in [4.69, 9.17) is 5.11 Å². The number of likely N-dealkylation sites (tertiary alicyclic amines) is 1. The highest BCUT2D eigenvalue weighted by atomic mass is 16.4. The van der Waals surface area contributed by atoms with Crippen LogP contribution >= 0.6 is 0 Å². The lowest BCUT2D eigenvalue weighted by molar-refractivity contribution is -0.153. The van der Waals surface area contributed by atoms with Gasteiger partial charge in [-0.15, -0.1) is 0 Å². The quantitative estimate of drug-likeness (QED) is 0.738. The van der Waals surface area contributed by atoms with Crippen molar-refractivity contribution in [1.29, 1.82) is 0 Å². The van der Waals surface area contributed by atoms with Crippen molar-refractivity contribution in [2.75, 3.05) is 13.1 Å². The Morgan fingerprint density at radius 1 is 1.38 bits per heavy atom. The summed E-state index contributed by atoms with van der Waals surface area (Å²) in [6, 6.07) is 0. The van der Waals surface area contributed by atoms with Crippen LogP contribution in [-0.4, -0.2) is 35.0 Å².